The third kappa shape index (κ3) is 3.17. The first-order chi connectivity index (χ1) is 9.13. The van der Waals surface area contributed by atoms with Crippen molar-refractivity contribution >= 4 is 0 Å². The van der Waals surface area contributed by atoms with Crippen LogP contribution in [0, 0.1) is 13.8 Å². The lowest BCUT2D eigenvalue weighted by Gasteiger charge is -2.11. The van der Waals surface area contributed by atoms with Crippen molar-refractivity contribution in [2.75, 3.05) is 0 Å². The first-order valence-electron chi connectivity index (χ1n) is 7.01. The van der Waals surface area contributed by atoms with Gasteiger partial charge in [-0.05, 0) is 73.2 Å². The van der Waals surface area contributed by atoms with Crippen LogP contribution < -0.4 is 4.74 Å². The first kappa shape index (κ1) is 13.7. The summed E-state index contributed by atoms with van der Waals surface area (Å²) in [6.45, 7) is 8.63. The molecule has 2 aromatic rings. The van der Waals surface area contributed by atoms with E-state index in [2.05, 4.69) is 52.0 Å². The zero-order valence-electron chi connectivity index (χ0n) is 12.3. The summed E-state index contributed by atoms with van der Waals surface area (Å²) >= 11 is 0. The smallest absolute Gasteiger partial charge is 0.127 e. The molecule has 0 unspecified atom stereocenters. The molecule has 1 nitrogen and oxygen atoms in total. The highest BCUT2D eigenvalue weighted by Gasteiger charge is 2.03. The number of hydrogen-bond donors (Lipinski definition) is 0. The van der Waals surface area contributed by atoms with Crippen molar-refractivity contribution in [2.24, 2.45) is 0 Å². The van der Waals surface area contributed by atoms with Gasteiger partial charge in [-0.25, -0.2) is 0 Å². The quantitative estimate of drug-likeness (QED) is 0.726. The van der Waals surface area contributed by atoms with Crippen LogP contribution in [0.3, 0.4) is 0 Å². The van der Waals surface area contributed by atoms with Gasteiger partial charge in [-0.15, -0.1) is 0 Å². The molecule has 0 aliphatic carbocycles. The van der Waals surface area contributed by atoms with Gasteiger partial charge in [0, 0.05) is 0 Å². The summed E-state index contributed by atoms with van der Waals surface area (Å²) < 4.78 is 5.97. The summed E-state index contributed by atoms with van der Waals surface area (Å²) in [6.07, 6.45) is 2.08. The Bertz CT molecular complexity index is 518. The molecule has 0 aliphatic rings. The molecule has 2 rings (SSSR count). The van der Waals surface area contributed by atoms with Crippen molar-refractivity contribution in [1.82, 2.24) is 0 Å². The topological polar surface area (TPSA) is 9.23 Å². The summed E-state index contributed by atoms with van der Waals surface area (Å²) in [7, 11) is 0. The molecular weight excluding hydrogens is 232 g/mol. The minimum atomic E-state index is 0.924. The average Bonchev–Trinajstić information content (AvgIpc) is 2.43. The van der Waals surface area contributed by atoms with Crippen LogP contribution in [0.2, 0.25) is 0 Å². The van der Waals surface area contributed by atoms with Crippen LogP contribution in [0.15, 0.2) is 36.4 Å². The van der Waals surface area contributed by atoms with Gasteiger partial charge in [0.05, 0.1) is 0 Å². The number of rotatable bonds is 4. The summed E-state index contributed by atoms with van der Waals surface area (Å²) in [5.41, 5.74) is 5.35. The zero-order valence-corrected chi connectivity index (χ0v) is 12.3. The van der Waals surface area contributed by atoms with Crippen molar-refractivity contribution in [2.45, 2.75) is 40.5 Å². The zero-order chi connectivity index (χ0) is 13.8. The number of hydrogen-bond acceptors (Lipinski definition) is 1. The third-order valence-corrected chi connectivity index (χ3v) is 3.64. The van der Waals surface area contributed by atoms with Crippen LogP contribution in [-0.2, 0) is 12.8 Å². The SMILES string of the molecule is CCc1cc(Oc2ccc(C)c(CC)c2)ccc1C. The Labute approximate surface area is 116 Å². The van der Waals surface area contributed by atoms with Gasteiger partial charge in [-0.2, -0.15) is 0 Å². The lowest BCUT2D eigenvalue weighted by atomic mass is 10.1. The molecular formula is C18H22O. The Kier molecular flexibility index (Phi) is 4.26. The molecule has 1 heteroatoms. The normalized spacial score (nSPS) is 10.5. The molecule has 0 fully saturated rings. The Balaban J connectivity index is 2.25. The van der Waals surface area contributed by atoms with E-state index < -0.39 is 0 Å². The van der Waals surface area contributed by atoms with Gasteiger partial charge >= 0.3 is 0 Å². The van der Waals surface area contributed by atoms with Crippen LogP contribution in [0.25, 0.3) is 0 Å². The lowest BCUT2D eigenvalue weighted by molar-refractivity contribution is 0.481. The van der Waals surface area contributed by atoms with E-state index in [1.807, 2.05) is 12.1 Å². The van der Waals surface area contributed by atoms with Crippen LogP contribution in [0.5, 0.6) is 11.5 Å². The summed E-state index contributed by atoms with van der Waals surface area (Å²) in [6, 6.07) is 12.6. The molecule has 0 saturated heterocycles. The number of aryl methyl sites for hydroxylation is 4. The molecule has 0 saturated carbocycles. The van der Waals surface area contributed by atoms with Gasteiger partial charge in [0.15, 0.2) is 0 Å². The van der Waals surface area contributed by atoms with Crippen molar-refractivity contribution in [1.29, 1.82) is 0 Å². The molecule has 0 N–H and O–H groups in total. The maximum absolute atomic E-state index is 5.97. The van der Waals surface area contributed by atoms with Gasteiger partial charge in [-0.3, -0.25) is 0 Å². The van der Waals surface area contributed by atoms with Crippen molar-refractivity contribution < 1.29 is 4.74 Å². The van der Waals surface area contributed by atoms with Crippen LogP contribution in [-0.4, -0.2) is 0 Å². The maximum Gasteiger partial charge on any atom is 0.127 e. The van der Waals surface area contributed by atoms with Gasteiger partial charge in [-0.1, -0.05) is 26.0 Å². The second-order valence-corrected chi connectivity index (χ2v) is 4.99. The van der Waals surface area contributed by atoms with Crippen LogP contribution in [0.4, 0.5) is 0 Å². The fourth-order valence-corrected chi connectivity index (χ4v) is 2.32. The van der Waals surface area contributed by atoms with Crippen molar-refractivity contribution in [3.63, 3.8) is 0 Å². The van der Waals surface area contributed by atoms with Gasteiger partial charge < -0.3 is 4.74 Å². The second kappa shape index (κ2) is 5.92. The average molecular weight is 254 g/mol. The molecule has 0 heterocycles. The first-order valence-corrected chi connectivity index (χ1v) is 7.01. The number of benzene rings is 2. The molecule has 100 valence electrons. The molecule has 0 radical (unpaired) electrons. The van der Waals surface area contributed by atoms with E-state index in [1.54, 1.807) is 0 Å². The van der Waals surface area contributed by atoms with E-state index in [-0.39, 0.29) is 0 Å². The molecule has 0 bridgehead atoms. The van der Waals surface area contributed by atoms with E-state index in [0.717, 1.165) is 24.3 Å². The summed E-state index contributed by atoms with van der Waals surface area (Å²) in [5, 5.41) is 0. The maximum atomic E-state index is 5.97. The monoisotopic (exact) mass is 254 g/mol. The van der Waals surface area contributed by atoms with Gasteiger partial charge in [0.1, 0.15) is 11.5 Å². The molecule has 0 atom stereocenters. The van der Waals surface area contributed by atoms with Crippen LogP contribution in [0.1, 0.15) is 36.1 Å². The van der Waals surface area contributed by atoms with Gasteiger partial charge in [0.2, 0.25) is 0 Å². The van der Waals surface area contributed by atoms with E-state index in [9.17, 15) is 0 Å². The van der Waals surface area contributed by atoms with E-state index in [0.29, 0.717) is 0 Å². The van der Waals surface area contributed by atoms with Gasteiger partial charge in [0.25, 0.3) is 0 Å². The Morgan fingerprint density at radius 1 is 0.737 bits per heavy atom. The molecule has 0 amide bonds. The van der Waals surface area contributed by atoms with E-state index in [4.69, 9.17) is 4.74 Å². The summed E-state index contributed by atoms with van der Waals surface area (Å²) in [5.74, 6) is 1.85. The summed E-state index contributed by atoms with van der Waals surface area (Å²) in [4.78, 5) is 0. The number of ether oxygens (including phenoxy) is 1. The Hall–Kier alpha value is -1.76. The minimum Gasteiger partial charge on any atom is -0.457 e. The fourth-order valence-electron chi connectivity index (χ4n) is 2.32. The Morgan fingerprint density at radius 2 is 1.16 bits per heavy atom. The molecule has 0 aromatic heterocycles. The van der Waals surface area contributed by atoms with Crippen molar-refractivity contribution in [3.8, 4) is 11.5 Å². The van der Waals surface area contributed by atoms with Crippen molar-refractivity contribution in [3.05, 3.63) is 58.7 Å². The molecule has 0 aliphatic heterocycles. The highest BCUT2D eigenvalue weighted by Crippen LogP contribution is 2.26. The highest BCUT2D eigenvalue weighted by atomic mass is 16.5. The predicted molar refractivity (Wildman–Crippen MR) is 81.2 cm³/mol. The predicted octanol–water partition coefficient (Wildman–Crippen LogP) is 5.22. The largest absolute Gasteiger partial charge is 0.457 e. The highest BCUT2D eigenvalue weighted by molar-refractivity contribution is 5.40. The van der Waals surface area contributed by atoms with E-state index in [1.165, 1.54) is 22.3 Å². The lowest BCUT2D eigenvalue weighted by Crippen LogP contribution is -1.92. The fraction of sp³-hybridized carbons (Fsp3) is 0.333. The molecule has 2 aromatic carbocycles. The molecule has 0 spiro atoms. The third-order valence-electron chi connectivity index (χ3n) is 3.64. The standard InChI is InChI=1S/C18H22O/c1-5-15-11-17(9-7-13(15)3)19-18-10-8-14(4)16(6-2)12-18/h7-12H,5-6H2,1-4H3. The Morgan fingerprint density at radius 3 is 1.53 bits per heavy atom. The minimum absolute atomic E-state index is 0.924. The molecule has 19 heavy (non-hydrogen) atoms. The van der Waals surface area contributed by atoms with E-state index >= 15 is 0 Å². The van der Waals surface area contributed by atoms with Crippen LogP contribution >= 0.6 is 0 Å². The second-order valence-electron chi connectivity index (χ2n) is 4.99.